The topological polar surface area (TPSA) is 50.4 Å². The maximum absolute atomic E-state index is 14.0. The zero-order chi connectivity index (χ0) is 22.3. The average molecular weight is 459 g/mol. The molecule has 30 heavy (non-hydrogen) atoms. The second kappa shape index (κ2) is 7.80. The van der Waals surface area contributed by atoms with Crippen LogP contribution in [-0.2, 0) is 10.4 Å². The summed E-state index contributed by atoms with van der Waals surface area (Å²) >= 11 is 11.8. The van der Waals surface area contributed by atoms with E-state index in [0.29, 0.717) is 11.1 Å². The number of alkyl halides is 3. The van der Waals surface area contributed by atoms with Crippen molar-refractivity contribution < 1.29 is 22.8 Å². The van der Waals surface area contributed by atoms with E-state index in [2.05, 4.69) is 10.8 Å². The van der Waals surface area contributed by atoms with Gasteiger partial charge in [-0.1, -0.05) is 41.4 Å². The number of amides is 1. The van der Waals surface area contributed by atoms with Crippen molar-refractivity contribution in [1.82, 2.24) is 10.8 Å². The Balaban J connectivity index is 1.95. The first kappa shape index (κ1) is 22.5. The molecule has 160 valence electrons. The van der Waals surface area contributed by atoms with Crippen LogP contribution in [0, 0.1) is 0 Å². The highest BCUT2D eigenvalue weighted by Crippen LogP contribution is 2.48. The van der Waals surface area contributed by atoms with Crippen molar-refractivity contribution in [2.75, 3.05) is 0 Å². The summed E-state index contributed by atoms with van der Waals surface area (Å²) in [4.78, 5) is 17.3. The summed E-state index contributed by atoms with van der Waals surface area (Å²) in [5.74, 6) is -0.279. The van der Waals surface area contributed by atoms with Crippen LogP contribution < -0.4 is 10.8 Å². The second-order valence-corrected chi connectivity index (χ2v) is 8.72. The Bertz CT molecular complexity index is 999. The summed E-state index contributed by atoms with van der Waals surface area (Å²) in [6.45, 7) is 5.55. The van der Waals surface area contributed by atoms with Crippen LogP contribution in [0.15, 0.2) is 48.5 Å². The quantitative estimate of drug-likeness (QED) is 0.605. The second-order valence-electron chi connectivity index (χ2n) is 7.91. The molecule has 0 saturated carbocycles. The SMILES string of the molecule is CC(C)(C)NC(=O)c1ccc(C2=CC(c3ccc(Cl)c(Cl)c3)(C(F)(F)F)ON2)cc1. The highest BCUT2D eigenvalue weighted by atomic mass is 35.5. The van der Waals surface area contributed by atoms with E-state index in [9.17, 15) is 18.0 Å². The number of hydrogen-bond acceptors (Lipinski definition) is 3. The van der Waals surface area contributed by atoms with E-state index in [1.807, 2.05) is 20.8 Å². The van der Waals surface area contributed by atoms with E-state index in [0.717, 1.165) is 12.1 Å². The van der Waals surface area contributed by atoms with E-state index in [1.54, 1.807) is 12.1 Å². The zero-order valence-electron chi connectivity index (χ0n) is 16.3. The zero-order valence-corrected chi connectivity index (χ0v) is 17.8. The lowest BCUT2D eigenvalue weighted by Crippen LogP contribution is -2.42. The van der Waals surface area contributed by atoms with E-state index in [4.69, 9.17) is 28.0 Å². The molecule has 3 rings (SSSR count). The maximum atomic E-state index is 14.0. The van der Waals surface area contributed by atoms with E-state index < -0.39 is 17.3 Å². The first-order chi connectivity index (χ1) is 13.8. The molecule has 1 aliphatic rings. The molecule has 0 aliphatic carbocycles. The van der Waals surface area contributed by atoms with Gasteiger partial charge in [0.15, 0.2) is 0 Å². The van der Waals surface area contributed by atoms with Crippen LogP contribution in [-0.4, -0.2) is 17.6 Å². The van der Waals surface area contributed by atoms with Crippen LogP contribution >= 0.6 is 23.2 Å². The van der Waals surface area contributed by atoms with Crippen molar-refractivity contribution in [3.8, 4) is 0 Å². The molecule has 4 nitrogen and oxygen atoms in total. The first-order valence-electron chi connectivity index (χ1n) is 8.94. The summed E-state index contributed by atoms with van der Waals surface area (Å²) in [6.07, 6.45) is -3.83. The number of hydrogen-bond donors (Lipinski definition) is 2. The molecule has 1 heterocycles. The monoisotopic (exact) mass is 458 g/mol. The van der Waals surface area contributed by atoms with Gasteiger partial charge in [0.25, 0.3) is 5.91 Å². The third kappa shape index (κ3) is 4.43. The maximum Gasteiger partial charge on any atom is 0.428 e. The summed E-state index contributed by atoms with van der Waals surface area (Å²) < 4.78 is 42.0. The standard InChI is InChI=1S/C21H19Cl2F3N2O2/c1-19(2,3)27-18(29)13-6-4-12(5-7-13)17-11-20(30-28-17,21(24,25)26)14-8-9-15(22)16(23)10-14/h4-11,28H,1-3H3,(H,27,29). The summed E-state index contributed by atoms with van der Waals surface area (Å²) in [7, 11) is 0. The molecule has 0 bridgehead atoms. The number of carbonyl (C=O) groups is 1. The van der Waals surface area contributed by atoms with Gasteiger partial charge in [0.05, 0.1) is 15.7 Å². The third-order valence-electron chi connectivity index (χ3n) is 4.39. The molecule has 2 N–H and O–H groups in total. The molecule has 2 aromatic rings. The minimum Gasteiger partial charge on any atom is -0.347 e. The van der Waals surface area contributed by atoms with Crippen LogP contribution in [0.5, 0.6) is 0 Å². The van der Waals surface area contributed by atoms with Gasteiger partial charge in [-0.2, -0.15) is 13.2 Å². The Morgan fingerprint density at radius 3 is 2.20 bits per heavy atom. The van der Waals surface area contributed by atoms with E-state index in [1.165, 1.54) is 24.3 Å². The Kier molecular flexibility index (Phi) is 5.84. The lowest BCUT2D eigenvalue weighted by atomic mass is 9.91. The lowest BCUT2D eigenvalue weighted by Gasteiger charge is -2.28. The van der Waals surface area contributed by atoms with Crippen molar-refractivity contribution in [1.29, 1.82) is 0 Å². The van der Waals surface area contributed by atoms with E-state index >= 15 is 0 Å². The number of benzene rings is 2. The van der Waals surface area contributed by atoms with Crippen molar-refractivity contribution in [3.05, 3.63) is 75.3 Å². The van der Waals surface area contributed by atoms with Crippen LogP contribution in [0.1, 0.15) is 42.3 Å². The Morgan fingerprint density at radius 2 is 1.67 bits per heavy atom. The van der Waals surface area contributed by atoms with Crippen LogP contribution in [0.25, 0.3) is 5.70 Å². The third-order valence-corrected chi connectivity index (χ3v) is 5.12. The van der Waals surface area contributed by atoms with Gasteiger partial charge in [-0.05, 0) is 56.7 Å². The molecule has 1 aliphatic heterocycles. The molecule has 0 aromatic heterocycles. The van der Waals surface area contributed by atoms with Gasteiger partial charge in [0.2, 0.25) is 5.60 Å². The molecule has 0 saturated heterocycles. The molecule has 0 radical (unpaired) electrons. The number of hydroxylamine groups is 1. The van der Waals surface area contributed by atoms with Gasteiger partial charge < -0.3 is 5.32 Å². The minimum absolute atomic E-state index is 0.0162. The molecular formula is C21H19Cl2F3N2O2. The van der Waals surface area contributed by atoms with E-state index in [-0.39, 0.29) is 27.2 Å². The van der Waals surface area contributed by atoms with Gasteiger partial charge in [-0.3, -0.25) is 15.1 Å². The molecule has 1 unspecified atom stereocenters. The Morgan fingerprint density at radius 1 is 1.03 bits per heavy atom. The van der Waals surface area contributed by atoms with Crippen molar-refractivity contribution in [3.63, 3.8) is 0 Å². The van der Waals surface area contributed by atoms with Gasteiger partial charge in [-0.25, -0.2) is 0 Å². The van der Waals surface area contributed by atoms with Gasteiger partial charge in [-0.15, -0.1) is 0 Å². The minimum atomic E-state index is -4.77. The number of nitrogens with one attached hydrogen (secondary N) is 2. The summed E-state index contributed by atoms with van der Waals surface area (Å²) in [5.41, 5.74) is -0.0837. The number of rotatable bonds is 3. The van der Waals surface area contributed by atoms with Crippen molar-refractivity contribution in [2.24, 2.45) is 0 Å². The van der Waals surface area contributed by atoms with Gasteiger partial charge >= 0.3 is 6.18 Å². The van der Waals surface area contributed by atoms with Gasteiger partial charge in [0.1, 0.15) is 0 Å². The normalized spacial score (nSPS) is 19.3. The summed E-state index contributed by atoms with van der Waals surface area (Å²) in [6, 6.07) is 9.77. The van der Waals surface area contributed by atoms with Crippen LogP contribution in [0.2, 0.25) is 10.0 Å². The molecular weight excluding hydrogens is 440 g/mol. The van der Waals surface area contributed by atoms with Gasteiger partial charge in [0, 0.05) is 16.7 Å². The number of carbonyl (C=O) groups excluding carboxylic acids is 1. The van der Waals surface area contributed by atoms with Crippen LogP contribution in [0.4, 0.5) is 13.2 Å². The lowest BCUT2D eigenvalue weighted by molar-refractivity contribution is -0.269. The fourth-order valence-electron chi connectivity index (χ4n) is 2.93. The highest BCUT2D eigenvalue weighted by Gasteiger charge is 2.59. The highest BCUT2D eigenvalue weighted by molar-refractivity contribution is 6.42. The molecule has 1 amide bonds. The molecule has 1 atom stereocenters. The van der Waals surface area contributed by atoms with Crippen molar-refractivity contribution in [2.45, 2.75) is 38.1 Å². The molecule has 9 heteroatoms. The smallest absolute Gasteiger partial charge is 0.347 e. The van der Waals surface area contributed by atoms with Crippen LogP contribution in [0.3, 0.4) is 0 Å². The summed E-state index contributed by atoms with van der Waals surface area (Å²) in [5, 5.41) is 2.94. The Hall–Kier alpha value is -2.22. The fraction of sp³-hybridized carbons (Fsp3) is 0.286. The predicted octanol–water partition coefficient (Wildman–Crippen LogP) is 5.86. The fourth-order valence-corrected chi connectivity index (χ4v) is 3.22. The predicted molar refractivity (Wildman–Crippen MR) is 110 cm³/mol. The molecule has 2 aromatic carbocycles. The first-order valence-corrected chi connectivity index (χ1v) is 9.70. The largest absolute Gasteiger partial charge is 0.428 e. The average Bonchev–Trinajstić information content (AvgIpc) is 3.09. The number of halogens is 5. The molecule has 0 spiro atoms. The Labute approximate surface area is 182 Å². The van der Waals surface area contributed by atoms with Crippen molar-refractivity contribution >= 4 is 34.8 Å². The molecule has 0 fully saturated rings.